The molecule has 3 rings (SSSR count). The summed E-state index contributed by atoms with van der Waals surface area (Å²) in [7, 11) is 1.70. The molecule has 3 atom stereocenters. The molecule has 2 nitrogen and oxygen atoms in total. The average molecular weight is 266 g/mol. The molecule has 2 aliphatic rings. The third-order valence-corrected chi connectivity index (χ3v) is 4.93. The number of nitrogens with one attached hydrogen (secondary N) is 1. The second-order valence-corrected chi connectivity index (χ2v) is 5.99. The van der Waals surface area contributed by atoms with Crippen LogP contribution in [-0.2, 0) is 6.54 Å². The lowest BCUT2D eigenvalue weighted by atomic mass is 9.95. The van der Waals surface area contributed by atoms with Crippen LogP contribution in [0.15, 0.2) is 18.2 Å². The number of hydrogen-bond donors (Lipinski definition) is 1. The van der Waals surface area contributed by atoms with Gasteiger partial charge in [0.05, 0.1) is 7.11 Å². The summed E-state index contributed by atoms with van der Waals surface area (Å²) in [5.74, 6) is 2.75. The fourth-order valence-corrected chi connectivity index (χ4v) is 3.86. The van der Waals surface area contributed by atoms with Crippen molar-refractivity contribution in [3.8, 4) is 5.75 Å². The SMILES string of the molecule is COc1cccc(Cl)c1CNC1CC2CCC1C2. The van der Waals surface area contributed by atoms with Crippen molar-refractivity contribution in [3.63, 3.8) is 0 Å². The van der Waals surface area contributed by atoms with Crippen LogP contribution in [0.3, 0.4) is 0 Å². The van der Waals surface area contributed by atoms with Gasteiger partial charge >= 0.3 is 0 Å². The van der Waals surface area contributed by atoms with Crippen molar-refractivity contribution >= 4 is 11.6 Å². The van der Waals surface area contributed by atoms with Crippen molar-refractivity contribution in [2.75, 3.05) is 7.11 Å². The molecule has 1 N–H and O–H groups in total. The smallest absolute Gasteiger partial charge is 0.124 e. The van der Waals surface area contributed by atoms with Gasteiger partial charge in [-0.3, -0.25) is 0 Å². The van der Waals surface area contributed by atoms with E-state index in [1.54, 1.807) is 7.11 Å². The second kappa shape index (κ2) is 5.10. The first-order valence-electron chi connectivity index (χ1n) is 6.82. The maximum absolute atomic E-state index is 6.25. The third-order valence-electron chi connectivity index (χ3n) is 4.57. The summed E-state index contributed by atoms with van der Waals surface area (Å²) >= 11 is 6.25. The van der Waals surface area contributed by atoms with Crippen molar-refractivity contribution in [2.24, 2.45) is 11.8 Å². The van der Waals surface area contributed by atoms with E-state index in [9.17, 15) is 0 Å². The van der Waals surface area contributed by atoms with Crippen LogP contribution in [-0.4, -0.2) is 13.2 Å². The zero-order chi connectivity index (χ0) is 12.5. The Morgan fingerprint density at radius 2 is 2.22 bits per heavy atom. The minimum Gasteiger partial charge on any atom is -0.496 e. The van der Waals surface area contributed by atoms with Gasteiger partial charge in [-0.15, -0.1) is 0 Å². The van der Waals surface area contributed by atoms with Crippen LogP contribution in [0, 0.1) is 11.8 Å². The Kier molecular flexibility index (Phi) is 3.49. The molecule has 1 aromatic carbocycles. The molecule has 3 heteroatoms. The van der Waals surface area contributed by atoms with Gasteiger partial charge in [0.15, 0.2) is 0 Å². The molecule has 0 aliphatic heterocycles. The summed E-state index contributed by atoms with van der Waals surface area (Å²) in [6.07, 6.45) is 5.62. The maximum Gasteiger partial charge on any atom is 0.124 e. The van der Waals surface area contributed by atoms with Crippen LogP contribution in [0.2, 0.25) is 5.02 Å². The highest BCUT2D eigenvalue weighted by atomic mass is 35.5. The van der Waals surface area contributed by atoms with E-state index in [1.165, 1.54) is 25.7 Å². The number of halogens is 1. The van der Waals surface area contributed by atoms with E-state index in [0.29, 0.717) is 6.04 Å². The van der Waals surface area contributed by atoms with E-state index < -0.39 is 0 Å². The molecule has 2 bridgehead atoms. The maximum atomic E-state index is 6.25. The Hall–Kier alpha value is -0.730. The Morgan fingerprint density at radius 3 is 2.89 bits per heavy atom. The summed E-state index contributed by atoms with van der Waals surface area (Å²) in [5, 5.41) is 4.48. The van der Waals surface area contributed by atoms with Crippen molar-refractivity contribution in [1.29, 1.82) is 0 Å². The van der Waals surface area contributed by atoms with Crippen molar-refractivity contribution in [1.82, 2.24) is 5.32 Å². The van der Waals surface area contributed by atoms with E-state index in [4.69, 9.17) is 16.3 Å². The number of methoxy groups -OCH3 is 1. The highest BCUT2D eigenvalue weighted by Crippen LogP contribution is 2.44. The van der Waals surface area contributed by atoms with Crippen molar-refractivity contribution in [3.05, 3.63) is 28.8 Å². The van der Waals surface area contributed by atoms with Gasteiger partial charge in [-0.25, -0.2) is 0 Å². The number of fused-ring (bicyclic) bond motifs is 2. The molecule has 0 saturated heterocycles. The van der Waals surface area contributed by atoms with Gasteiger partial charge in [0.25, 0.3) is 0 Å². The van der Waals surface area contributed by atoms with Gasteiger partial charge < -0.3 is 10.1 Å². The fraction of sp³-hybridized carbons (Fsp3) is 0.600. The van der Waals surface area contributed by atoms with E-state index in [2.05, 4.69) is 5.32 Å². The van der Waals surface area contributed by atoms with Gasteiger partial charge in [0.2, 0.25) is 0 Å². The number of ether oxygens (including phenoxy) is 1. The molecular weight excluding hydrogens is 246 g/mol. The summed E-state index contributed by atoms with van der Waals surface area (Å²) < 4.78 is 5.38. The molecular formula is C15H20ClNO. The van der Waals surface area contributed by atoms with Crippen molar-refractivity contribution < 1.29 is 4.74 Å². The van der Waals surface area contributed by atoms with E-state index >= 15 is 0 Å². The Bertz CT molecular complexity index is 435. The summed E-state index contributed by atoms with van der Waals surface area (Å²) in [6.45, 7) is 0.816. The van der Waals surface area contributed by atoms with E-state index in [0.717, 1.165) is 34.7 Å². The minimum atomic E-state index is 0.685. The Morgan fingerprint density at radius 1 is 1.33 bits per heavy atom. The standard InChI is InChI=1S/C15H20ClNO/c1-18-15-4-2-3-13(16)12(15)9-17-14-8-10-5-6-11(14)7-10/h2-4,10-11,14,17H,5-9H2,1H3. The summed E-state index contributed by atoms with van der Waals surface area (Å²) in [6, 6.07) is 6.53. The largest absolute Gasteiger partial charge is 0.496 e. The van der Waals surface area contributed by atoms with Gasteiger partial charge in [0, 0.05) is 23.2 Å². The van der Waals surface area contributed by atoms with Gasteiger partial charge in [0.1, 0.15) is 5.75 Å². The lowest BCUT2D eigenvalue weighted by Crippen LogP contribution is -2.33. The van der Waals surface area contributed by atoms with Crippen LogP contribution in [0.1, 0.15) is 31.2 Å². The molecule has 0 spiro atoms. The second-order valence-electron chi connectivity index (χ2n) is 5.58. The number of benzene rings is 1. The van der Waals surface area contributed by atoms with Crippen molar-refractivity contribution in [2.45, 2.75) is 38.3 Å². The van der Waals surface area contributed by atoms with Crippen LogP contribution in [0.5, 0.6) is 5.75 Å². The van der Waals surface area contributed by atoms with Crippen LogP contribution in [0.4, 0.5) is 0 Å². The molecule has 0 aromatic heterocycles. The lowest BCUT2D eigenvalue weighted by molar-refractivity contribution is 0.346. The molecule has 98 valence electrons. The monoisotopic (exact) mass is 265 g/mol. The molecule has 0 amide bonds. The molecule has 0 radical (unpaired) electrons. The molecule has 2 fully saturated rings. The van der Waals surface area contributed by atoms with Crippen LogP contribution < -0.4 is 10.1 Å². The number of rotatable bonds is 4. The lowest BCUT2D eigenvalue weighted by Gasteiger charge is -2.23. The third kappa shape index (κ3) is 2.24. The fourth-order valence-electron chi connectivity index (χ4n) is 3.63. The predicted molar refractivity (Wildman–Crippen MR) is 74.1 cm³/mol. The quantitative estimate of drug-likeness (QED) is 0.898. The van der Waals surface area contributed by atoms with E-state index in [1.807, 2.05) is 18.2 Å². The Labute approximate surface area is 114 Å². The molecule has 2 aliphatic carbocycles. The topological polar surface area (TPSA) is 21.3 Å². The number of hydrogen-bond acceptors (Lipinski definition) is 2. The zero-order valence-corrected chi connectivity index (χ0v) is 11.5. The first kappa shape index (κ1) is 12.3. The highest BCUT2D eigenvalue weighted by Gasteiger charge is 2.39. The average Bonchev–Trinajstić information content (AvgIpc) is 2.99. The van der Waals surface area contributed by atoms with Crippen LogP contribution >= 0.6 is 11.6 Å². The van der Waals surface area contributed by atoms with Gasteiger partial charge in [-0.1, -0.05) is 24.1 Å². The minimum absolute atomic E-state index is 0.685. The summed E-state index contributed by atoms with van der Waals surface area (Å²) in [4.78, 5) is 0. The Balaban J connectivity index is 1.66. The highest BCUT2D eigenvalue weighted by molar-refractivity contribution is 6.31. The van der Waals surface area contributed by atoms with Gasteiger partial charge in [-0.05, 0) is 43.2 Å². The first-order valence-corrected chi connectivity index (χ1v) is 7.20. The van der Waals surface area contributed by atoms with Crippen LogP contribution in [0.25, 0.3) is 0 Å². The molecule has 2 saturated carbocycles. The normalized spacial score (nSPS) is 29.8. The molecule has 1 aromatic rings. The molecule has 3 unspecified atom stereocenters. The first-order chi connectivity index (χ1) is 8.78. The zero-order valence-electron chi connectivity index (χ0n) is 10.8. The van der Waals surface area contributed by atoms with Gasteiger partial charge in [-0.2, -0.15) is 0 Å². The predicted octanol–water partition coefficient (Wildman–Crippen LogP) is 3.63. The summed E-state index contributed by atoms with van der Waals surface area (Å²) in [5.41, 5.74) is 1.09. The molecule has 0 heterocycles. The molecule has 18 heavy (non-hydrogen) atoms. The van der Waals surface area contributed by atoms with E-state index in [-0.39, 0.29) is 0 Å².